The molecule has 1 aromatic carbocycles. The normalized spacial score (nSPS) is 11.5. The lowest BCUT2D eigenvalue weighted by Gasteiger charge is -2.07. The average Bonchev–Trinajstić information content (AvgIpc) is 2.29. The molecule has 0 aromatic heterocycles. The number of benzene rings is 1. The van der Waals surface area contributed by atoms with E-state index in [4.69, 9.17) is 10.9 Å². The van der Waals surface area contributed by atoms with Crippen molar-refractivity contribution in [3.05, 3.63) is 47.3 Å². The predicted octanol–water partition coefficient (Wildman–Crippen LogP) is 1.59. The maximum atomic E-state index is 13.6. The van der Waals surface area contributed by atoms with E-state index in [1.807, 2.05) is 6.92 Å². The first-order chi connectivity index (χ1) is 8.04. The molecule has 0 amide bonds. The highest BCUT2D eigenvalue weighted by Gasteiger charge is 2.05. The van der Waals surface area contributed by atoms with Crippen LogP contribution in [0.15, 0.2) is 35.5 Å². The molecule has 5 heteroatoms. The Morgan fingerprint density at radius 3 is 2.82 bits per heavy atom. The van der Waals surface area contributed by atoms with Crippen molar-refractivity contribution in [2.75, 3.05) is 6.54 Å². The van der Waals surface area contributed by atoms with Gasteiger partial charge in [0, 0.05) is 24.2 Å². The number of rotatable bonds is 5. The molecule has 0 saturated carbocycles. The summed E-state index contributed by atoms with van der Waals surface area (Å²) in [5.74, 6) is -0.492. The van der Waals surface area contributed by atoms with E-state index < -0.39 is 0 Å². The second-order valence-electron chi connectivity index (χ2n) is 3.85. The Bertz CT molecular complexity index is 443. The van der Waals surface area contributed by atoms with Gasteiger partial charge in [-0.2, -0.15) is 0 Å². The first-order valence-corrected chi connectivity index (χ1v) is 5.16. The molecule has 0 fully saturated rings. The van der Waals surface area contributed by atoms with Crippen LogP contribution in [0, 0.1) is 5.82 Å². The zero-order chi connectivity index (χ0) is 12.8. The molecule has 0 unspecified atom stereocenters. The van der Waals surface area contributed by atoms with Crippen molar-refractivity contribution in [3.8, 4) is 0 Å². The fourth-order valence-electron chi connectivity index (χ4n) is 1.32. The Labute approximate surface area is 99.6 Å². The van der Waals surface area contributed by atoms with E-state index in [0.29, 0.717) is 24.2 Å². The summed E-state index contributed by atoms with van der Waals surface area (Å²) in [5.41, 5.74) is 7.23. The Balaban J connectivity index is 2.73. The van der Waals surface area contributed by atoms with Crippen LogP contribution in [0.4, 0.5) is 4.39 Å². The van der Waals surface area contributed by atoms with Crippen LogP contribution in [-0.4, -0.2) is 17.6 Å². The third kappa shape index (κ3) is 3.88. The van der Waals surface area contributed by atoms with Crippen LogP contribution in [0.5, 0.6) is 0 Å². The summed E-state index contributed by atoms with van der Waals surface area (Å²) in [7, 11) is 0. The molecule has 4 N–H and O–H groups in total. The van der Waals surface area contributed by atoms with Gasteiger partial charge in [0.05, 0.1) is 0 Å². The number of nitrogens with two attached hydrogens (primary N) is 1. The van der Waals surface area contributed by atoms with Gasteiger partial charge in [0.25, 0.3) is 0 Å². The Kier molecular flexibility index (Phi) is 4.66. The molecular weight excluding hydrogens is 221 g/mol. The maximum absolute atomic E-state index is 13.6. The Morgan fingerprint density at radius 1 is 1.59 bits per heavy atom. The van der Waals surface area contributed by atoms with E-state index in [2.05, 4.69) is 17.1 Å². The maximum Gasteiger partial charge on any atom is 0.170 e. The predicted molar refractivity (Wildman–Crippen MR) is 65.4 cm³/mol. The third-order valence-corrected chi connectivity index (χ3v) is 2.20. The monoisotopic (exact) mass is 237 g/mol. The van der Waals surface area contributed by atoms with Gasteiger partial charge in [-0.1, -0.05) is 29.4 Å². The van der Waals surface area contributed by atoms with Crippen LogP contribution in [0.25, 0.3) is 0 Å². The smallest absolute Gasteiger partial charge is 0.170 e. The van der Waals surface area contributed by atoms with Gasteiger partial charge < -0.3 is 16.3 Å². The van der Waals surface area contributed by atoms with Crippen LogP contribution in [0.1, 0.15) is 18.1 Å². The van der Waals surface area contributed by atoms with Crippen molar-refractivity contribution in [2.45, 2.75) is 13.5 Å². The number of nitrogens with one attached hydrogen (secondary N) is 1. The highest BCUT2D eigenvalue weighted by Crippen LogP contribution is 2.10. The quantitative estimate of drug-likeness (QED) is 0.239. The fraction of sp³-hybridized carbons (Fsp3) is 0.250. The minimum Gasteiger partial charge on any atom is -0.409 e. The molecule has 0 heterocycles. The molecule has 0 aliphatic heterocycles. The van der Waals surface area contributed by atoms with Crippen molar-refractivity contribution >= 4 is 5.84 Å². The molecule has 0 saturated heterocycles. The van der Waals surface area contributed by atoms with E-state index >= 15 is 0 Å². The van der Waals surface area contributed by atoms with Crippen LogP contribution in [-0.2, 0) is 6.54 Å². The summed E-state index contributed by atoms with van der Waals surface area (Å²) in [6, 6.07) is 4.46. The second kappa shape index (κ2) is 6.00. The lowest BCUT2D eigenvalue weighted by molar-refractivity contribution is 0.318. The average molecular weight is 237 g/mol. The summed E-state index contributed by atoms with van der Waals surface area (Å²) in [6.45, 7) is 6.69. The minimum absolute atomic E-state index is 0.106. The van der Waals surface area contributed by atoms with E-state index in [1.165, 1.54) is 6.07 Å². The standard InChI is InChI=1S/C12H16FN3O/c1-8(2)6-15-7-10-4-3-9(5-11(10)13)12(14)16-17/h3-5,15,17H,1,6-7H2,2H3,(H2,14,16). The highest BCUT2D eigenvalue weighted by molar-refractivity contribution is 5.97. The molecule has 0 bridgehead atoms. The summed E-state index contributed by atoms with van der Waals surface area (Å²) in [5, 5.41) is 14.3. The molecule has 1 aromatic rings. The van der Waals surface area contributed by atoms with Crippen LogP contribution in [0.3, 0.4) is 0 Å². The fourth-order valence-corrected chi connectivity index (χ4v) is 1.32. The van der Waals surface area contributed by atoms with Crippen molar-refractivity contribution in [2.24, 2.45) is 10.9 Å². The van der Waals surface area contributed by atoms with Crippen molar-refractivity contribution < 1.29 is 9.60 Å². The summed E-state index contributed by atoms with van der Waals surface area (Å²) in [6.07, 6.45) is 0. The molecule has 0 radical (unpaired) electrons. The first-order valence-electron chi connectivity index (χ1n) is 5.16. The molecule has 17 heavy (non-hydrogen) atoms. The molecule has 92 valence electrons. The van der Waals surface area contributed by atoms with Gasteiger partial charge in [0.2, 0.25) is 0 Å². The van der Waals surface area contributed by atoms with Crippen molar-refractivity contribution in [3.63, 3.8) is 0 Å². The number of nitrogens with zero attached hydrogens (tertiary/aromatic N) is 1. The van der Waals surface area contributed by atoms with Gasteiger partial charge >= 0.3 is 0 Å². The van der Waals surface area contributed by atoms with Crippen molar-refractivity contribution in [1.29, 1.82) is 0 Å². The number of oxime groups is 1. The van der Waals surface area contributed by atoms with Crippen molar-refractivity contribution in [1.82, 2.24) is 5.32 Å². The molecule has 0 atom stereocenters. The number of hydrogen-bond donors (Lipinski definition) is 3. The topological polar surface area (TPSA) is 70.6 Å². The summed E-state index contributed by atoms with van der Waals surface area (Å²) >= 11 is 0. The molecule has 0 spiro atoms. The number of amidine groups is 1. The highest BCUT2D eigenvalue weighted by atomic mass is 19.1. The molecule has 0 aliphatic carbocycles. The van der Waals surface area contributed by atoms with E-state index in [-0.39, 0.29) is 11.7 Å². The third-order valence-electron chi connectivity index (χ3n) is 2.20. The van der Waals surface area contributed by atoms with Gasteiger partial charge in [0.1, 0.15) is 5.82 Å². The van der Waals surface area contributed by atoms with Crippen LogP contribution in [0.2, 0.25) is 0 Å². The summed E-state index contributed by atoms with van der Waals surface area (Å²) < 4.78 is 13.6. The molecule has 4 nitrogen and oxygen atoms in total. The lowest BCUT2D eigenvalue weighted by Crippen LogP contribution is -2.17. The van der Waals surface area contributed by atoms with Gasteiger partial charge in [-0.15, -0.1) is 0 Å². The van der Waals surface area contributed by atoms with Gasteiger partial charge in [-0.05, 0) is 13.0 Å². The van der Waals surface area contributed by atoms with Gasteiger partial charge in [-0.25, -0.2) is 4.39 Å². The largest absolute Gasteiger partial charge is 0.409 e. The molecule has 0 aliphatic rings. The number of hydrogen-bond acceptors (Lipinski definition) is 3. The Hall–Kier alpha value is -1.88. The SMILES string of the molecule is C=C(C)CNCc1ccc(/C(N)=N/O)cc1F. The lowest BCUT2D eigenvalue weighted by atomic mass is 10.1. The van der Waals surface area contributed by atoms with E-state index in [1.54, 1.807) is 12.1 Å². The van der Waals surface area contributed by atoms with Gasteiger partial charge in [-0.3, -0.25) is 0 Å². The Morgan fingerprint density at radius 2 is 2.29 bits per heavy atom. The van der Waals surface area contributed by atoms with Crippen LogP contribution >= 0.6 is 0 Å². The molecule has 1 rings (SSSR count). The number of halogens is 1. The van der Waals surface area contributed by atoms with E-state index in [9.17, 15) is 4.39 Å². The van der Waals surface area contributed by atoms with Crippen LogP contribution < -0.4 is 11.1 Å². The van der Waals surface area contributed by atoms with E-state index in [0.717, 1.165) is 5.57 Å². The zero-order valence-electron chi connectivity index (χ0n) is 9.70. The first kappa shape index (κ1) is 13.2. The zero-order valence-corrected chi connectivity index (χ0v) is 9.70. The minimum atomic E-state index is -0.386. The summed E-state index contributed by atoms with van der Waals surface area (Å²) in [4.78, 5) is 0. The second-order valence-corrected chi connectivity index (χ2v) is 3.85. The molecular formula is C12H16FN3O. The van der Waals surface area contributed by atoms with Gasteiger partial charge in [0.15, 0.2) is 5.84 Å².